The van der Waals surface area contributed by atoms with Crippen LogP contribution in [0.1, 0.15) is 11.5 Å². The number of carbonyl (C=O) groups is 2. The Morgan fingerprint density at radius 2 is 1.73 bits per heavy atom. The van der Waals surface area contributed by atoms with E-state index in [0.717, 1.165) is 43.4 Å². The Bertz CT molecular complexity index is 1670. The molecule has 3 aromatic rings. The number of rotatable bonds is 7. The number of nitriles is 1. The molecular formula is C28H20ClFN4O7. The van der Waals surface area contributed by atoms with Crippen molar-refractivity contribution >= 4 is 34.9 Å². The Morgan fingerprint density at radius 1 is 1.05 bits per heavy atom. The molecule has 0 bridgehead atoms. The molecule has 41 heavy (non-hydrogen) atoms. The molecule has 1 unspecified atom stereocenters. The summed E-state index contributed by atoms with van der Waals surface area (Å²) in [6, 6.07) is 17.2. The molecule has 1 heterocycles. The van der Waals surface area contributed by atoms with Gasteiger partial charge in [0.15, 0.2) is 0 Å². The van der Waals surface area contributed by atoms with Crippen LogP contribution < -0.4 is 15.4 Å². The Morgan fingerprint density at radius 3 is 2.32 bits per heavy atom. The van der Waals surface area contributed by atoms with Crippen molar-refractivity contribution in [3.63, 3.8) is 0 Å². The number of anilines is 1. The lowest BCUT2D eigenvalue weighted by Crippen LogP contribution is -2.40. The van der Waals surface area contributed by atoms with Crippen LogP contribution in [0.2, 0.25) is 5.02 Å². The molecule has 208 valence electrons. The summed E-state index contributed by atoms with van der Waals surface area (Å²) in [5.74, 6) is -4.22. The SMILES string of the molecule is COC(=O)C1=C(C(=O)OC)N(c2cc(Oc3ccc(F)c(Cl)c3)cc([N+](=O)[O-])c2)C(N)=C(C#N)C1c1ccccc1. The molecule has 0 amide bonds. The van der Waals surface area contributed by atoms with Crippen LogP contribution in [-0.2, 0) is 19.1 Å². The van der Waals surface area contributed by atoms with E-state index in [-0.39, 0.29) is 39.2 Å². The minimum atomic E-state index is -1.13. The molecule has 0 saturated carbocycles. The lowest BCUT2D eigenvalue weighted by Gasteiger charge is -2.35. The van der Waals surface area contributed by atoms with Gasteiger partial charge in [-0.3, -0.25) is 15.0 Å². The molecule has 11 nitrogen and oxygen atoms in total. The van der Waals surface area contributed by atoms with Crippen molar-refractivity contribution in [2.45, 2.75) is 5.92 Å². The predicted molar refractivity (Wildman–Crippen MR) is 144 cm³/mol. The number of allylic oxidation sites excluding steroid dienone is 1. The minimum Gasteiger partial charge on any atom is -0.466 e. The fraction of sp³-hybridized carbons (Fsp3) is 0.107. The van der Waals surface area contributed by atoms with Crippen molar-refractivity contribution in [2.75, 3.05) is 19.1 Å². The average Bonchev–Trinajstić information content (AvgIpc) is 2.97. The minimum absolute atomic E-state index is 0.0471. The third-order valence-corrected chi connectivity index (χ3v) is 6.37. The third kappa shape index (κ3) is 5.52. The summed E-state index contributed by atoms with van der Waals surface area (Å²) in [6.45, 7) is 0. The van der Waals surface area contributed by atoms with Crippen LogP contribution in [0.5, 0.6) is 11.5 Å². The zero-order valence-corrected chi connectivity index (χ0v) is 22.2. The highest BCUT2D eigenvalue weighted by Gasteiger charge is 2.43. The number of esters is 2. The number of methoxy groups -OCH3 is 2. The number of non-ortho nitro benzene ring substituents is 1. The van der Waals surface area contributed by atoms with Crippen molar-refractivity contribution in [3.05, 3.63) is 116 Å². The van der Waals surface area contributed by atoms with Crippen LogP contribution in [0.3, 0.4) is 0 Å². The molecule has 0 radical (unpaired) electrons. The molecule has 3 aromatic carbocycles. The van der Waals surface area contributed by atoms with E-state index in [1.807, 2.05) is 6.07 Å². The molecule has 0 saturated heterocycles. The second kappa shape index (κ2) is 11.8. The van der Waals surface area contributed by atoms with Crippen LogP contribution in [0.4, 0.5) is 15.8 Å². The maximum absolute atomic E-state index is 13.6. The molecule has 0 aromatic heterocycles. The molecule has 4 rings (SSSR count). The molecule has 13 heteroatoms. The Balaban J connectivity index is 2.01. The van der Waals surface area contributed by atoms with Gasteiger partial charge in [-0.25, -0.2) is 14.0 Å². The van der Waals surface area contributed by atoms with Gasteiger partial charge in [0.25, 0.3) is 5.69 Å². The first-order chi connectivity index (χ1) is 19.6. The Labute approximate surface area is 237 Å². The van der Waals surface area contributed by atoms with E-state index in [1.165, 1.54) is 12.1 Å². The van der Waals surface area contributed by atoms with Gasteiger partial charge < -0.3 is 19.9 Å². The number of ether oxygens (including phenoxy) is 3. The molecule has 1 aliphatic rings. The first-order valence-corrected chi connectivity index (χ1v) is 12.1. The number of nitro benzene ring substituents is 1. The van der Waals surface area contributed by atoms with E-state index >= 15 is 0 Å². The van der Waals surface area contributed by atoms with Gasteiger partial charge >= 0.3 is 11.9 Å². The number of hydrogen-bond acceptors (Lipinski definition) is 10. The zero-order valence-electron chi connectivity index (χ0n) is 21.5. The Kier molecular flexibility index (Phi) is 8.21. The molecule has 0 spiro atoms. The number of nitrogens with zero attached hydrogens (tertiary/aromatic N) is 3. The number of nitrogens with two attached hydrogens (primary N) is 1. The second-order valence-electron chi connectivity index (χ2n) is 8.46. The van der Waals surface area contributed by atoms with Gasteiger partial charge in [0, 0.05) is 18.2 Å². The first kappa shape index (κ1) is 28.6. The van der Waals surface area contributed by atoms with Crippen molar-refractivity contribution < 1.29 is 33.1 Å². The number of nitro groups is 1. The van der Waals surface area contributed by atoms with Gasteiger partial charge in [0.1, 0.15) is 28.8 Å². The number of hydrogen-bond donors (Lipinski definition) is 1. The second-order valence-corrected chi connectivity index (χ2v) is 8.86. The number of halogens is 2. The zero-order chi connectivity index (χ0) is 29.8. The molecular weight excluding hydrogens is 559 g/mol. The summed E-state index contributed by atoms with van der Waals surface area (Å²) in [6.07, 6.45) is 0. The monoisotopic (exact) mass is 578 g/mol. The van der Waals surface area contributed by atoms with Gasteiger partial charge in [-0.1, -0.05) is 41.9 Å². The molecule has 2 N–H and O–H groups in total. The van der Waals surface area contributed by atoms with E-state index in [2.05, 4.69) is 0 Å². The Hall–Kier alpha value is -5.41. The van der Waals surface area contributed by atoms with E-state index < -0.39 is 40.0 Å². The third-order valence-electron chi connectivity index (χ3n) is 6.08. The smallest absolute Gasteiger partial charge is 0.355 e. The first-order valence-electron chi connectivity index (χ1n) is 11.7. The maximum atomic E-state index is 13.6. The van der Waals surface area contributed by atoms with Crippen molar-refractivity contribution in [2.24, 2.45) is 5.73 Å². The average molecular weight is 579 g/mol. The van der Waals surface area contributed by atoms with Gasteiger partial charge in [-0.05, 0) is 17.7 Å². The highest BCUT2D eigenvalue weighted by atomic mass is 35.5. The van der Waals surface area contributed by atoms with E-state index in [1.54, 1.807) is 30.3 Å². The molecule has 1 atom stereocenters. The predicted octanol–water partition coefficient (Wildman–Crippen LogP) is 5.08. The van der Waals surface area contributed by atoms with Crippen molar-refractivity contribution in [1.29, 1.82) is 5.26 Å². The van der Waals surface area contributed by atoms with Gasteiger partial charge in [-0.15, -0.1) is 0 Å². The number of carbonyl (C=O) groups excluding carboxylic acids is 2. The van der Waals surface area contributed by atoms with Gasteiger partial charge in [-0.2, -0.15) is 5.26 Å². The molecule has 1 aliphatic heterocycles. The molecule has 0 aliphatic carbocycles. The summed E-state index contributed by atoms with van der Waals surface area (Å²) in [5, 5.41) is 21.8. The molecule has 0 fully saturated rings. The van der Waals surface area contributed by atoms with E-state index in [4.69, 9.17) is 31.5 Å². The topological polar surface area (TPSA) is 158 Å². The summed E-state index contributed by atoms with van der Waals surface area (Å²) < 4.78 is 29.3. The summed E-state index contributed by atoms with van der Waals surface area (Å²) in [4.78, 5) is 38.6. The largest absolute Gasteiger partial charge is 0.466 e. The van der Waals surface area contributed by atoms with Crippen molar-refractivity contribution in [3.8, 4) is 17.6 Å². The highest BCUT2D eigenvalue weighted by molar-refractivity contribution is 6.30. The van der Waals surface area contributed by atoms with E-state index in [9.17, 15) is 29.4 Å². The number of benzene rings is 3. The van der Waals surface area contributed by atoms with Crippen molar-refractivity contribution in [1.82, 2.24) is 0 Å². The highest BCUT2D eigenvalue weighted by Crippen LogP contribution is 2.44. The van der Waals surface area contributed by atoms with Crippen LogP contribution in [0.25, 0.3) is 0 Å². The maximum Gasteiger partial charge on any atom is 0.355 e. The van der Waals surface area contributed by atoms with E-state index in [0.29, 0.717) is 5.56 Å². The fourth-order valence-electron chi connectivity index (χ4n) is 4.32. The van der Waals surface area contributed by atoms with Gasteiger partial charge in [0.05, 0.1) is 59.1 Å². The fourth-order valence-corrected chi connectivity index (χ4v) is 4.49. The lowest BCUT2D eigenvalue weighted by molar-refractivity contribution is -0.384. The van der Waals surface area contributed by atoms with Crippen LogP contribution in [0, 0.1) is 27.3 Å². The van der Waals surface area contributed by atoms with Crippen LogP contribution in [-0.4, -0.2) is 31.1 Å². The van der Waals surface area contributed by atoms with Crippen LogP contribution >= 0.6 is 11.6 Å². The van der Waals surface area contributed by atoms with Gasteiger partial charge in [0.2, 0.25) is 0 Å². The lowest BCUT2D eigenvalue weighted by atomic mass is 9.81. The normalized spacial score (nSPS) is 14.8. The quantitative estimate of drug-likeness (QED) is 0.228. The summed E-state index contributed by atoms with van der Waals surface area (Å²) in [5.41, 5.74) is 5.45. The van der Waals surface area contributed by atoms with Crippen LogP contribution in [0.15, 0.2) is 89.4 Å². The summed E-state index contributed by atoms with van der Waals surface area (Å²) >= 11 is 5.83. The summed E-state index contributed by atoms with van der Waals surface area (Å²) in [7, 11) is 2.16. The standard InChI is InChI=1S/C28H20ClFN4O7/c1-39-27(35)24-23(15-6-4-3-5-7-15)20(14-31)26(32)33(25(24)28(36)40-2)16-10-17(34(37)38)12-19(11-16)41-18-8-9-22(30)21(29)13-18/h3-13,23H,32H2,1-2H3.